The van der Waals surface area contributed by atoms with Gasteiger partial charge in [0.05, 0.1) is 5.57 Å². The van der Waals surface area contributed by atoms with Gasteiger partial charge in [0.2, 0.25) is 0 Å². The van der Waals surface area contributed by atoms with Crippen molar-refractivity contribution in [2.45, 2.75) is 37.6 Å². The molecule has 0 aromatic rings. The maximum absolute atomic E-state index is 9.13. The van der Waals surface area contributed by atoms with Gasteiger partial charge in [0.15, 0.2) is 5.96 Å². The second-order valence-corrected chi connectivity index (χ2v) is 4.11. The van der Waals surface area contributed by atoms with Gasteiger partial charge in [-0.25, -0.2) is 4.99 Å². The summed E-state index contributed by atoms with van der Waals surface area (Å²) in [4.78, 5) is 4.40. The molecule has 5 N–H and O–H groups in total. The molecule has 0 bridgehead atoms. The van der Waals surface area contributed by atoms with E-state index in [2.05, 4.69) is 16.4 Å². The third-order valence-electron chi connectivity index (χ3n) is 3.12. The Morgan fingerprint density at radius 1 is 1.27 bits per heavy atom. The zero-order chi connectivity index (χ0) is 10.9. The smallest absolute Gasteiger partial charge is 0.195 e. The first-order valence-electron chi connectivity index (χ1n) is 5.21. The number of guanidine groups is 1. The van der Waals surface area contributed by atoms with Crippen LogP contribution >= 0.6 is 0 Å². The zero-order valence-electron chi connectivity index (χ0n) is 8.58. The van der Waals surface area contributed by atoms with Crippen LogP contribution in [0.1, 0.15) is 32.1 Å². The van der Waals surface area contributed by atoms with Gasteiger partial charge >= 0.3 is 0 Å². The molecular weight excluding hydrogens is 190 g/mol. The van der Waals surface area contributed by atoms with Gasteiger partial charge in [0, 0.05) is 0 Å². The molecule has 5 heteroatoms. The molecule has 1 aliphatic carbocycles. The first kappa shape index (κ1) is 9.84. The van der Waals surface area contributed by atoms with E-state index in [4.69, 9.17) is 16.7 Å². The summed E-state index contributed by atoms with van der Waals surface area (Å²) < 4.78 is 0. The zero-order valence-corrected chi connectivity index (χ0v) is 8.58. The summed E-state index contributed by atoms with van der Waals surface area (Å²) in [6, 6.07) is 2.16. The van der Waals surface area contributed by atoms with Crippen molar-refractivity contribution >= 4 is 5.96 Å². The molecule has 80 valence electrons. The van der Waals surface area contributed by atoms with Crippen molar-refractivity contribution in [3.8, 4) is 6.07 Å². The Labute approximate surface area is 88.8 Å². The molecule has 1 heterocycles. The Kier molecular flexibility index (Phi) is 2.27. The first-order valence-corrected chi connectivity index (χ1v) is 5.21. The third-order valence-corrected chi connectivity index (χ3v) is 3.12. The number of hydrogen-bond donors (Lipinski definition) is 3. The summed E-state index contributed by atoms with van der Waals surface area (Å²) in [6.07, 6.45) is 5.10. The topological polar surface area (TPSA) is 100 Å². The highest BCUT2D eigenvalue weighted by Crippen LogP contribution is 2.39. The lowest BCUT2D eigenvalue weighted by atomic mass is 9.76. The van der Waals surface area contributed by atoms with Crippen LogP contribution in [0.2, 0.25) is 0 Å². The van der Waals surface area contributed by atoms with Crippen LogP contribution in [0.3, 0.4) is 0 Å². The number of nitrogens with one attached hydrogen (secondary N) is 1. The molecule has 0 atom stereocenters. The lowest BCUT2D eigenvalue weighted by molar-refractivity contribution is 0.343. The second-order valence-electron chi connectivity index (χ2n) is 4.11. The van der Waals surface area contributed by atoms with Gasteiger partial charge < -0.3 is 16.8 Å². The highest BCUT2D eigenvalue weighted by molar-refractivity contribution is 5.82. The Balaban J connectivity index is 2.42. The Morgan fingerprint density at radius 3 is 2.53 bits per heavy atom. The molecular formula is C10H15N5. The second kappa shape index (κ2) is 3.46. The molecule has 0 radical (unpaired) electrons. The summed E-state index contributed by atoms with van der Waals surface area (Å²) in [5.41, 5.74) is 11.5. The van der Waals surface area contributed by atoms with Gasteiger partial charge in [-0.05, 0) is 12.8 Å². The van der Waals surface area contributed by atoms with Crippen LogP contribution in [0.15, 0.2) is 16.4 Å². The van der Waals surface area contributed by atoms with E-state index in [1.165, 1.54) is 6.42 Å². The molecule has 1 aliphatic heterocycles. The van der Waals surface area contributed by atoms with Crippen molar-refractivity contribution in [3.63, 3.8) is 0 Å². The quantitative estimate of drug-likeness (QED) is 0.529. The van der Waals surface area contributed by atoms with E-state index in [9.17, 15) is 0 Å². The standard InChI is InChI=1S/C10H15N5/c11-6-7-8(12)14-9(13)15-10(7)4-2-1-3-5-10/h1-5,12H2,(H3,13,14,15). The minimum atomic E-state index is -0.438. The summed E-state index contributed by atoms with van der Waals surface area (Å²) in [7, 11) is 0. The monoisotopic (exact) mass is 205 g/mol. The lowest BCUT2D eigenvalue weighted by Gasteiger charge is -2.36. The molecule has 1 saturated carbocycles. The van der Waals surface area contributed by atoms with Crippen molar-refractivity contribution in [3.05, 3.63) is 11.4 Å². The molecule has 15 heavy (non-hydrogen) atoms. The van der Waals surface area contributed by atoms with Gasteiger partial charge in [-0.2, -0.15) is 5.26 Å². The number of nitrogens with zero attached hydrogens (tertiary/aromatic N) is 2. The lowest BCUT2D eigenvalue weighted by Crippen LogP contribution is -2.47. The third kappa shape index (κ3) is 1.52. The molecule has 2 rings (SSSR count). The molecule has 1 fully saturated rings. The van der Waals surface area contributed by atoms with Crippen LogP contribution in [0.25, 0.3) is 0 Å². The van der Waals surface area contributed by atoms with Crippen molar-refractivity contribution in [2.75, 3.05) is 0 Å². The van der Waals surface area contributed by atoms with Gasteiger partial charge in [-0.15, -0.1) is 0 Å². The minimum absolute atomic E-state index is 0.327. The molecule has 2 aliphatic rings. The molecule has 0 amide bonds. The van der Waals surface area contributed by atoms with E-state index in [1.807, 2.05) is 0 Å². The Hall–Kier alpha value is -1.70. The average molecular weight is 205 g/mol. The number of nitrogens with two attached hydrogens (primary N) is 2. The van der Waals surface area contributed by atoms with Crippen molar-refractivity contribution in [2.24, 2.45) is 16.5 Å². The van der Waals surface area contributed by atoms with E-state index in [0.29, 0.717) is 17.4 Å². The van der Waals surface area contributed by atoms with Gasteiger partial charge in [-0.3, -0.25) is 0 Å². The molecule has 0 aromatic heterocycles. The molecule has 0 aromatic carbocycles. The van der Waals surface area contributed by atoms with E-state index in [0.717, 1.165) is 25.7 Å². The van der Waals surface area contributed by atoms with Crippen molar-refractivity contribution < 1.29 is 0 Å². The molecule has 1 spiro atoms. The van der Waals surface area contributed by atoms with Crippen LogP contribution in [0.4, 0.5) is 0 Å². The SMILES string of the molecule is N#CC1=C(N)NC(N)=NC12CCCCC2. The van der Waals surface area contributed by atoms with Crippen LogP contribution in [0.5, 0.6) is 0 Å². The molecule has 5 nitrogen and oxygen atoms in total. The van der Waals surface area contributed by atoms with Gasteiger partial charge in [0.1, 0.15) is 17.4 Å². The van der Waals surface area contributed by atoms with Crippen molar-refractivity contribution in [1.82, 2.24) is 5.32 Å². The summed E-state index contributed by atoms with van der Waals surface area (Å²) >= 11 is 0. The number of nitriles is 1. The fourth-order valence-electron chi connectivity index (χ4n) is 2.43. The minimum Gasteiger partial charge on any atom is -0.384 e. The summed E-state index contributed by atoms with van der Waals surface area (Å²) in [6.45, 7) is 0. The fraction of sp³-hybridized carbons (Fsp3) is 0.600. The Morgan fingerprint density at radius 2 is 1.93 bits per heavy atom. The first-order chi connectivity index (χ1) is 7.18. The average Bonchev–Trinajstić information content (AvgIpc) is 2.18. The van der Waals surface area contributed by atoms with Crippen LogP contribution < -0.4 is 16.8 Å². The predicted molar refractivity (Wildman–Crippen MR) is 57.4 cm³/mol. The summed E-state index contributed by atoms with van der Waals surface area (Å²) in [5.74, 6) is 0.695. The van der Waals surface area contributed by atoms with Gasteiger partial charge in [0.25, 0.3) is 0 Å². The largest absolute Gasteiger partial charge is 0.384 e. The van der Waals surface area contributed by atoms with E-state index >= 15 is 0 Å². The Bertz CT molecular complexity index is 368. The van der Waals surface area contributed by atoms with Crippen molar-refractivity contribution in [1.29, 1.82) is 5.26 Å². The molecule has 0 unspecified atom stereocenters. The van der Waals surface area contributed by atoms with Crippen LogP contribution in [-0.4, -0.2) is 11.5 Å². The number of aliphatic imine (C=N–C) groups is 1. The normalized spacial score (nSPS) is 24.3. The maximum Gasteiger partial charge on any atom is 0.195 e. The maximum atomic E-state index is 9.13. The predicted octanol–water partition coefficient (Wildman–Crippen LogP) is 0.301. The molecule has 0 saturated heterocycles. The van der Waals surface area contributed by atoms with E-state index in [-0.39, 0.29) is 0 Å². The fourth-order valence-corrected chi connectivity index (χ4v) is 2.43. The van der Waals surface area contributed by atoms with E-state index < -0.39 is 5.54 Å². The van der Waals surface area contributed by atoms with Crippen LogP contribution in [0, 0.1) is 11.3 Å². The number of rotatable bonds is 0. The van der Waals surface area contributed by atoms with Crippen LogP contribution in [-0.2, 0) is 0 Å². The summed E-state index contributed by atoms with van der Waals surface area (Å²) in [5, 5.41) is 11.8. The van der Waals surface area contributed by atoms with Gasteiger partial charge in [-0.1, -0.05) is 19.3 Å². The highest BCUT2D eigenvalue weighted by atomic mass is 15.2. The number of hydrogen-bond acceptors (Lipinski definition) is 5. The highest BCUT2D eigenvalue weighted by Gasteiger charge is 2.40. The van der Waals surface area contributed by atoms with E-state index in [1.54, 1.807) is 0 Å².